The van der Waals surface area contributed by atoms with E-state index < -0.39 is 0 Å². The van der Waals surface area contributed by atoms with Gasteiger partial charge in [-0.3, -0.25) is 0 Å². The predicted octanol–water partition coefficient (Wildman–Crippen LogP) is 2.43. The van der Waals surface area contributed by atoms with Crippen LogP contribution in [0.1, 0.15) is 26.5 Å². The maximum absolute atomic E-state index is 12.4. The summed E-state index contributed by atoms with van der Waals surface area (Å²) < 4.78 is 10.9. The summed E-state index contributed by atoms with van der Waals surface area (Å²) >= 11 is 0. The number of urea groups is 1. The second-order valence-corrected chi connectivity index (χ2v) is 5.99. The number of carbonyl (C=O) groups excluding carboxylic acids is 1. The van der Waals surface area contributed by atoms with Gasteiger partial charge in [-0.1, -0.05) is 0 Å². The Morgan fingerprint density at radius 3 is 2.81 bits per heavy atom. The first-order valence-electron chi connectivity index (χ1n) is 7.06. The molecule has 1 aromatic rings. The second kappa shape index (κ2) is 5.89. The van der Waals surface area contributed by atoms with Crippen LogP contribution in [0.5, 0.6) is 5.88 Å². The number of morpholine rings is 1. The fourth-order valence-electron chi connectivity index (χ4n) is 2.59. The van der Waals surface area contributed by atoms with Crippen molar-refractivity contribution in [1.29, 1.82) is 0 Å². The molecule has 0 aromatic carbocycles. The molecule has 1 saturated heterocycles. The fourth-order valence-corrected chi connectivity index (χ4v) is 2.59. The minimum atomic E-state index is -0.331. The zero-order valence-electron chi connectivity index (χ0n) is 13.3. The first kappa shape index (κ1) is 15.6. The van der Waals surface area contributed by atoms with E-state index in [2.05, 4.69) is 10.3 Å². The summed E-state index contributed by atoms with van der Waals surface area (Å²) in [5, 5.41) is 2.90. The van der Waals surface area contributed by atoms with E-state index in [0.29, 0.717) is 24.7 Å². The van der Waals surface area contributed by atoms with E-state index in [4.69, 9.17) is 9.47 Å². The lowest BCUT2D eigenvalue weighted by Gasteiger charge is -2.41. The lowest BCUT2D eigenvalue weighted by atomic mass is 10.1. The van der Waals surface area contributed by atoms with Crippen LogP contribution >= 0.6 is 0 Å². The van der Waals surface area contributed by atoms with Crippen molar-refractivity contribution in [2.75, 3.05) is 25.5 Å². The molecule has 0 aliphatic carbocycles. The molecule has 1 aromatic heterocycles. The summed E-state index contributed by atoms with van der Waals surface area (Å²) in [7, 11) is 1.57. The van der Waals surface area contributed by atoms with Gasteiger partial charge in [-0.05, 0) is 33.8 Å². The maximum atomic E-state index is 12.4. The number of rotatable bonds is 2. The maximum Gasteiger partial charge on any atom is 0.322 e. The first-order chi connectivity index (χ1) is 9.80. The Kier molecular flexibility index (Phi) is 4.37. The van der Waals surface area contributed by atoms with Crippen LogP contribution < -0.4 is 10.1 Å². The summed E-state index contributed by atoms with van der Waals surface area (Å²) in [6.07, 6.45) is 0.0228. The van der Waals surface area contributed by atoms with Gasteiger partial charge in [0.05, 0.1) is 36.7 Å². The normalized spacial score (nSPS) is 21.0. The van der Waals surface area contributed by atoms with Crippen LogP contribution in [0.15, 0.2) is 12.1 Å². The van der Waals surface area contributed by atoms with Crippen molar-refractivity contribution in [3.63, 3.8) is 0 Å². The van der Waals surface area contributed by atoms with Crippen LogP contribution in [0, 0.1) is 6.92 Å². The third-order valence-electron chi connectivity index (χ3n) is 3.37. The van der Waals surface area contributed by atoms with Crippen molar-refractivity contribution in [2.45, 2.75) is 39.4 Å². The van der Waals surface area contributed by atoms with E-state index in [1.807, 2.05) is 27.7 Å². The average Bonchev–Trinajstić information content (AvgIpc) is 2.38. The number of ether oxygens (including phenoxy) is 2. The number of nitrogens with zero attached hydrogens (tertiary/aromatic N) is 2. The number of hydrogen-bond acceptors (Lipinski definition) is 4. The molecule has 1 fully saturated rings. The lowest BCUT2D eigenvalue weighted by molar-refractivity contribution is -0.116. The van der Waals surface area contributed by atoms with Gasteiger partial charge in [0.25, 0.3) is 0 Å². The van der Waals surface area contributed by atoms with Gasteiger partial charge in [0.1, 0.15) is 0 Å². The summed E-state index contributed by atoms with van der Waals surface area (Å²) in [5.41, 5.74) is 1.09. The highest BCUT2D eigenvalue weighted by Gasteiger charge is 2.33. The standard InChI is InChI=1S/C15H23N3O3/c1-10-8-18(9-15(3,4)21-10)14(19)17-12-6-7-13(20-5)16-11(12)2/h6-7,10H,8-9H2,1-5H3,(H,17,19). The molecule has 1 aliphatic heterocycles. The molecule has 0 spiro atoms. The summed E-state index contributed by atoms with van der Waals surface area (Å²) in [6, 6.07) is 3.40. The molecule has 1 atom stereocenters. The first-order valence-corrected chi connectivity index (χ1v) is 7.06. The molecule has 1 N–H and O–H groups in total. The fraction of sp³-hybridized carbons (Fsp3) is 0.600. The van der Waals surface area contributed by atoms with E-state index in [1.165, 1.54) is 0 Å². The van der Waals surface area contributed by atoms with Crippen molar-refractivity contribution >= 4 is 11.7 Å². The highest BCUT2D eigenvalue weighted by Crippen LogP contribution is 2.22. The smallest absolute Gasteiger partial charge is 0.322 e. The van der Waals surface area contributed by atoms with Crippen molar-refractivity contribution in [3.05, 3.63) is 17.8 Å². The molecule has 1 aliphatic rings. The van der Waals surface area contributed by atoms with Gasteiger partial charge in [-0.25, -0.2) is 9.78 Å². The SMILES string of the molecule is COc1ccc(NC(=O)N2CC(C)OC(C)(C)C2)c(C)n1. The monoisotopic (exact) mass is 293 g/mol. The molecule has 0 bridgehead atoms. The molecule has 21 heavy (non-hydrogen) atoms. The number of anilines is 1. The summed E-state index contributed by atoms with van der Waals surface area (Å²) in [5.74, 6) is 0.534. The third kappa shape index (κ3) is 3.85. The molecule has 6 heteroatoms. The number of carbonyl (C=O) groups is 1. The third-order valence-corrected chi connectivity index (χ3v) is 3.37. The van der Waals surface area contributed by atoms with Crippen LogP contribution in [-0.4, -0.2) is 47.8 Å². The van der Waals surface area contributed by atoms with Gasteiger partial charge in [-0.15, -0.1) is 0 Å². The Morgan fingerprint density at radius 1 is 1.52 bits per heavy atom. The number of methoxy groups -OCH3 is 1. The van der Waals surface area contributed by atoms with E-state index in [-0.39, 0.29) is 17.7 Å². The van der Waals surface area contributed by atoms with Crippen LogP contribution in [0.25, 0.3) is 0 Å². The highest BCUT2D eigenvalue weighted by molar-refractivity contribution is 5.90. The Morgan fingerprint density at radius 2 is 2.24 bits per heavy atom. The van der Waals surface area contributed by atoms with Gasteiger partial charge in [0, 0.05) is 12.6 Å². The Bertz CT molecular complexity index is 531. The van der Waals surface area contributed by atoms with Crippen molar-refractivity contribution in [3.8, 4) is 5.88 Å². The highest BCUT2D eigenvalue weighted by atomic mass is 16.5. The van der Waals surface area contributed by atoms with Gasteiger partial charge in [0.15, 0.2) is 0 Å². The van der Waals surface area contributed by atoms with E-state index in [1.54, 1.807) is 24.1 Å². The molecule has 0 saturated carbocycles. The van der Waals surface area contributed by atoms with Crippen molar-refractivity contribution < 1.29 is 14.3 Å². The van der Waals surface area contributed by atoms with Gasteiger partial charge >= 0.3 is 6.03 Å². The number of pyridine rings is 1. The summed E-state index contributed by atoms with van der Waals surface area (Å²) in [6.45, 7) is 8.93. The number of aromatic nitrogens is 1. The molecule has 1 unspecified atom stereocenters. The van der Waals surface area contributed by atoms with Crippen LogP contribution in [-0.2, 0) is 4.74 Å². The zero-order valence-corrected chi connectivity index (χ0v) is 13.3. The molecule has 116 valence electrons. The largest absolute Gasteiger partial charge is 0.481 e. The van der Waals surface area contributed by atoms with E-state index >= 15 is 0 Å². The van der Waals surface area contributed by atoms with Gasteiger partial charge in [0.2, 0.25) is 5.88 Å². The van der Waals surface area contributed by atoms with Crippen molar-refractivity contribution in [1.82, 2.24) is 9.88 Å². The van der Waals surface area contributed by atoms with Crippen LogP contribution in [0.2, 0.25) is 0 Å². The molecule has 2 rings (SSSR count). The van der Waals surface area contributed by atoms with Crippen LogP contribution in [0.4, 0.5) is 10.5 Å². The molecule has 2 heterocycles. The predicted molar refractivity (Wildman–Crippen MR) is 80.7 cm³/mol. The molecular weight excluding hydrogens is 270 g/mol. The zero-order chi connectivity index (χ0) is 15.6. The number of aryl methyl sites for hydroxylation is 1. The quantitative estimate of drug-likeness (QED) is 0.909. The minimum absolute atomic E-state index is 0.0228. The molecular formula is C15H23N3O3. The second-order valence-electron chi connectivity index (χ2n) is 5.99. The number of nitrogens with one attached hydrogen (secondary N) is 1. The molecule has 6 nitrogen and oxygen atoms in total. The Hall–Kier alpha value is -1.82. The van der Waals surface area contributed by atoms with Crippen LogP contribution in [0.3, 0.4) is 0 Å². The summed E-state index contributed by atoms with van der Waals surface area (Å²) in [4.78, 5) is 18.4. The Labute approximate surface area is 125 Å². The van der Waals surface area contributed by atoms with E-state index in [0.717, 1.165) is 5.69 Å². The number of hydrogen-bond donors (Lipinski definition) is 1. The minimum Gasteiger partial charge on any atom is -0.481 e. The molecule has 0 radical (unpaired) electrons. The van der Waals surface area contributed by atoms with Gasteiger partial charge < -0.3 is 19.7 Å². The van der Waals surface area contributed by atoms with E-state index in [9.17, 15) is 4.79 Å². The van der Waals surface area contributed by atoms with Gasteiger partial charge in [-0.2, -0.15) is 0 Å². The number of amides is 2. The lowest BCUT2D eigenvalue weighted by Crippen LogP contribution is -2.54. The van der Waals surface area contributed by atoms with Crippen molar-refractivity contribution in [2.24, 2.45) is 0 Å². The average molecular weight is 293 g/mol. The topological polar surface area (TPSA) is 63.7 Å². The Balaban J connectivity index is 2.07. The molecule has 2 amide bonds.